The summed E-state index contributed by atoms with van der Waals surface area (Å²) < 4.78 is 6.61. The zero-order valence-corrected chi connectivity index (χ0v) is 17.4. The number of aromatic nitrogens is 2. The molecule has 1 amide bonds. The van der Waals surface area contributed by atoms with E-state index >= 15 is 0 Å². The van der Waals surface area contributed by atoms with Gasteiger partial charge >= 0.3 is 5.97 Å². The molecule has 31 heavy (non-hydrogen) atoms. The molecule has 156 valence electrons. The number of amides is 1. The maximum Gasteiger partial charge on any atom is 0.341 e. The SMILES string of the molecule is COC(=O)c1cccc(NC(=O)c2ccc(SCc3cn4ccccc4n3)cc2)c1O. The summed E-state index contributed by atoms with van der Waals surface area (Å²) >= 11 is 1.62. The van der Waals surface area contributed by atoms with Gasteiger partial charge in [-0.15, -0.1) is 11.8 Å². The van der Waals surface area contributed by atoms with Crippen LogP contribution in [-0.2, 0) is 10.5 Å². The summed E-state index contributed by atoms with van der Waals surface area (Å²) in [6.07, 6.45) is 3.96. The van der Waals surface area contributed by atoms with Crippen LogP contribution < -0.4 is 5.32 Å². The first-order chi connectivity index (χ1) is 15.0. The maximum atomic E-state index is 12.5. The number of fused-ring (bicyclic) bond motifs is 1. The number of carbonyl (C=O) groups excluding carboxylic acids is 2. The molecule has 2 heterocycles. The van der Waals surface area contributed by atoms with E-state index in [1.807, 2.05) is 47.1 Å². The van der Waals surface area contributed by atoms with Gasteiger partial charge in [-0.2, -0.15) is 0 Å². The Labute approximate surface area is 182 Å². The number of benzene rings is 2. The number of hydrogen-bond acceptors (Lipinski definition) is 6. The largest absolute Gasteiger partial charge is 0.505 e. The Kier molecular flexibility index (Phi) is 5.90. The molecule has 0 aliphatic rings. The van der Waals surface area contributed by atoms with Gasteiger partial charge in [0.25, 0.3) is 5.91 Å². The first-order valence-corrected chi connectivity index (χ1v) is 10.4. The van der Waals surface area contributed by atoms with Crippen molar-refractivity contribution in [1.82, 2.24) is 9.38 Å². The minimum atomic E-state index is -0.680. The van der Waals surface area contributed by atoms with E-state index in [9.17, 15) is 14.7 Å². The fraction of sp³-hybridized carbons (Fsp3) is 0.0870. The monoisotopic (exact) mass is 433 g/mol. The molecule has 2 aromatic heterocycles. The molecule has 0 unspecified atom stereocenters. The van der Waals surface area contributed by atoms with Crippen molar-refractivity contribution in [2.45, 2.75) is 10.6 Å². The Morgan fingerprint density at radius 2 is 1.90 bits per heavy atom. The van der Waals surface area contributed by atoms with Crippen LogP contribution in [0.3, 0.4) is 0 Å². The van der Waals surface area contributed by atoms with Crippen molar-refractivity contribution in [1.29, 1.82) is 0 Å². The molecule has 4 rings (SSSR count). The van der Waals surface area contributed by atoms with Gasteiger partial charge in [0.1, 0.15) is 11.2 Å². The van der Waals surface area contributed by atoms with E-state index in [2.05, 4.69) is 15.0 Å². The third-order valence-electron chi connectivity index (χ3n) is 4.61. The average Bonchev–Trinajstić information content (AvgIpc) is 3.22. The Hall–Kier alpha value is -3.78. The number of rotatable bonds is 6. The van der Waals surface area contributed by atoms with Crippen molar-refractivity contribution in [3.05, 3.63) is 89.9 Å². The number of pyridine rings is 1. The number of phenols is 1. The lowest BCUT2D eigenvalue weighted by Crippen LogP contribution is -2.13. The van der Waals surface area contributed by atoms with Crippen LogP contribution in [0.25, 0.3) is 5.65 Å². The molecule has 0 atom stereocenters. The van der Waals surface area contributed by atoms with E-state index in [1.54, 1.807) is 30.0 Å². The van der Waals surface area contributed by atoms with Crippen LogP contribution in [0.15, 0.2) is 78.0 Å². The summed E-state index contributed by atoms with van der Waals surface area (Å²) in [4.78, 5) is 29.8. The summed E-state index contributed by atoms with van der Waals surface area (Å²) in [5.41, 5.74) is 2.43. The quantitative estimate of drug-likeness (QED) is 0.266. The number of esters is 1. The number of hydrogen-bond donors (Lipinski definition) is 2. The van der Waals surface area contributed by atoms with E-state index in [1.165, 1.54) is 19.2 Å². The first-order valence-electron chi connectivity index (χ1n) is 9.42. The number of nitrogens with one attached hydrogen (secondary N) is 1. The minimum Gasteiger partial charge on any atom is -0.505 e. The van der Waals surface area contributed by atoms with Crippen molar-refractivity contribution in [3.8, 4) is 5.75 Å². The topological polar surface area (TPSA) is 92.9 Å². The van der Waals surface area contributed by atoms with Gasteiger partial charge in [0, 0.05) is 28.6 Å². The molecule has 0 saturated carbocycles. The zero-order valence-electron chi connectivity index (χ0n) is 16.6. The van der Waals surface area contributed by atoms with Crippen LogP contribution in [0.2, 0.25) is 0 Å². The van der Waals surface area contributed by atoms with Crippen molar-refractivity contribution in [3.63, 3.8) is 0 Å². The van der Waals surface area contributed by atoms with Gasteiger partial charge in [-0.3, -0.25) is 4.79 Å². The molecule has 0 spiro atoms. The molecule has 8 heteroatoms. The van der Waals surface area contributed by atoms with Gasteiger partial charge in [0.15, 0.2) is 5.75 Å². The molecule has 2 N–H and O–H groups in total. The normalized spacial score (nSPS) is 10.7. The Bertz CT molecular complexity index is 1220. The van der Waals surface area contributed by atoms with E-state index in [0.717, 1.165) is 16.2 Å². The number of thioether (sulfide) groups is 1. The van der Waals surface area contributed by atoms with Crippen LogP contribution in [0, 0.1) is 0 Å². The van der Waals surface area contributed by atoms with Crippen LogP contribution in [0.1, 0.15) is 26.4 Å². The Morgan fingerprint density at radius 3 is 2.65 bits per heavy atom. The van der Waals surface area contributed by atoms with Gasteiger partial charge < -0.3 is 19.6 Å². The summed E-state index contributed by atoms with van der Waals surface area (Å²) in [7, 11) is 1.22. The van der Waals surface area contributed by atoms with E-state index in [4.69, 9.17) is 0 Å². The highest BCUT2D eigenvalue weighted by Gasteiger charge is 2.16. The predicted molar refractivity (Wildman–Crippen MR) is 119 cm³/mol. The van der Waals surface area contributed by atoms with Crippen LogP contribution in [-0.4, -0.2) is 33.5 Å². The second-order valence-corrected chi connectivity index (χ2v) is 7.71. The number of ether oxygens (including phenoxy) is 1. The maximum absolute atomic E-state index is 12.5. The van der Waals surface area contributed by atoms with Gasteiger partial charge in [-0.1, -0.05) is 12.1 Å². The number of anilines is 1. The molecule has 0 fully saturated rings. The summed E-state index contributed by atoms with van der Waals surface area (Å²) in [6, 6.07) is 17.5. The molecule has 4 aromatic rings. The van der Waals surface area contributed by atoms with Crippen LogP contribution >= 0.6 is 11.8 Å². The van der Waals surface area contributed by atoms with Crippen LogP contribution in [0.4, 0.5) is 5.69 Å². The van der Waals surface area contributed by atoms with Gasteiger partial charge in [0.2, 0.25) is 0 Å². The van der Waals surface area contributed by atoms with Gasteiger partial charge in [-0.05, 0) is 48.5 Å². The molecule has 0 bridgehead atoms. The highest BCUT2D eigenvalue weighted by Crippen LogP contribution is 2.29. The number of aromatic hydroxyl groups is 1. The molecular formula is C23H19N3O4S. The zero-order chi connectivity index (χ0) is 21.8. The summed E-state index contributed by atoms with van der Waals surface area (Å²) in [5.74, 6) is -0.696. The van der Waals surface area contributed by atoms with Crippen molar-refractivity contribution in [2.75, 3.05) is 12.4 Å². The van der Waals surface area contributed by atoms with Crippen LogP contribution in [0.5, 0.6) is 5.75 Å². The Balaban J connectivity index is 1.41. The standard InChI is InChI=1S/C23H19N3O4S/c1-30-23(29)18-5-4-6-19(21(18)27)25-22(28)15-8-10-17(11-9-15)31-14-16-13-26-12-3-2-7-20(26)24-16/h2-13,27H,14H2,1H3,(H,25,28). The van der Waals surface area contributed by atoms with Crippen molar-refractivity contribution in [2.24, 2.45) is 0 Å². The number of carbonyl (C=O) groups is 2. The number of nitrogens with zero attached hydrogens (tertiary/aromatic N) is 2. The van der Waals surface area contributed by atoms with E-state index in [-0.39, 0.29) is 17.0 Å². The molecule has 7 nitrogen and oxygen atoms in total. The summed E-state index contributed by atoms with van der Waals surface area (Å²) in [6.45, 7) is 0. The molecule has 0 aliphatic heterocycles. The lowest BCUT2D eigenvalue weighted by molar-refractivity contribution is 0.0597. The molecule has 0 saturated heterocycles. The molecule has 0 radical (unpaired) electrons. The number of para-hydroxylation sites is 1. The predicted octanol–water partition coefficient (Wildman–Crippen LogP) is 4.37. The van der Waals surface area contributed by atoms with Gasteiger partial charge in [-0.25, -0.2) is 9.78 Å². The lowest BCUT2D eigenvalue weighted by Gasteiger charge is -2.10. The second kappa shape index (κ2) is 8.93. The molecule has 0 aliphatic carbocycles. The highest BCUT2D eigenvalue weighted by atomic mass is 32.2. The summed E-state index contributed by atoms with van der Waals surface area (Å²) in [5, 5.41) is 12.9. The van der Waals surface area contributed by atoms with E-state index in [0.29, 0.717) is 11.3 Å². The number of methoxy groups -OCH3 is 1. The van der Waals surface area contributed by atoms with Crippen molar-refractivity contribution < 1.29 is 19.4 Å². The van der Waals surface area contributed by atoms with E-state index < -0.39 is 11.9 Å². The first kappa shape index (κ1) is 20.5. The third kappa shape index (κ3) is 4.54. The van der Waals surface area contributed by atoms with Crippen molar-refractivity contribution >= 4 is 35.0 Å². The third-order valence-corrected chi connectivity index (χ3v) is 5.65. The second-order valence-electron chi connectivity index (χ2n) is 6.66. The fourth-order valence-electron chi connectivity index (χ4n) is 3.03. The molecule has 2 aromatic carbocycles. The minimum absolute atomic E-state index is 0.0148. The number of phenolic OH excluding ortho intramolecular Hbond substituents is 1. The lowest BCUT2D eigenvalue weighted by atomic mass is 10.1. The van der Waals surface area contributed by atoms with Gasteiger partial charge in [0.05, 0.1) is 18.5 Å². The highest BCUT2D eigenvalue weighted by molar-refractivity contribution is 7.98. The fourth-order valence-corrected chi connectivity index (χ4v) is 3.81. The molecular weight excluding hydrogens is 414 g/mol. The number of imidazole rings is 1. The smallest absolute Gasteiger partial charge is 0.341 e. The average molecular weight is 433 g/mol. The Morgan fingerprint density at radius 1 is 1.10 bits per heavy atom.